The van der Waals surface area contributed by atoms with Crippen molar-refractivity contribution in [2.45, 2.75) is 59.2 Å². The largest absolute Gasteiger partial charge is 0.281 e. The Hall–Kier alpha value is -0.730. The van der Waals surface area contributed by atoms with E-state index in [0.29, 0.717) is 23.8 Å². The monoisotopic (exact) mass is 360 g/mol. The maximum atomic E-state index is 11.8. The van der Waals surface area contributed by atoms with Crippen molar-refractivity contribution in [1.29, 1.82) is 0 Å². The van der Waals surface area contributed by atoms with E-state index in [-0.39, 0.29) is 23.0 Å². The summed E-state index contributed by atoms with van der Waals surface area (Å²) in [6, 6.07) is 0.0608. The minimum absolute atomic E-state index is 0.0608. The highest BCUT2D eigenvalue weighted by atomic mass is 32.2. The van der Waals surface area contributed by atoms with Crippen LogP contribution in [0.25, 0.3) is 0 Å². The van der Waals surface area contributed by atoms with Gasteiger partial charge in [0.05, 0.1) is 18.2 Å². The van der Waals surface area contributed by atoms with E-state index in [0.717, 1.165) is 12.4 Å². The van der Waals surface area contributed by atoms with E-state index in [1.165, 1.54) is 0 Å². The normalized spacial score (nSPS) is 21.4. The second kappa shape index (κ2) is 6.64. The van der Waals surface area contributed by atoms with Crippen LogP contribution in [0.15, 0.2) is 0 Å². The molecule has 0 aromatic carbocycles. The summed E-state index contributed by atoms with van der Waals surface area (Å²) in [5, 5.41) is 3.28. The third-order valence-corrected chi connectivity index (χ3v) is 6.10. The summed E-state index contributed by atoms with van der Waals surface area (Å²) in [7, 11) is -2.90. The number of nitrogens with zero attached hydrogens (tertiary/aromatic N) is 3. The second-order valence-electron chi connectivity index (χ2n) is 7.90. The first kappa shape index (κ1) is 18.6. The van der Waals surface area contributed by atoms with Crippen LogP contribution in [-0.2, 0) is 21.9 Å². The van der Waals surface area contributed by atoms with E-state index in [2.05, 4.69) is 49.6 Å². The summed E-state index contributed by atoms with van der Waals surface area (Å²) in [5.74, 6) is 1.84. The molecule has 132 valence electrons. The van der Waals surface area contributed by atoms with Gasteiger partial charge in [0.1, 0.15) is 5.82 Å². The van der Waals surface area contributed by atoms with Crippen LogP contribution >= 0.6 is 12.2 Å². The first-order chi connectivity index (χ1) is 10.5. The van der Waals surface area contributed by atoms with Crippen LogP contribution in [-0.4, -0.2) is 52.2 Å². The van der Waals surface area contributed by atoms with Crippen molar-refractivity contribution in [2.75, 3.05) is 18.1 Å². The molecule has 0 aliphatic carbocycles. The second-order valence-corrected chi connectivity index (χ2v) is 10.5. The van der Waals surface area contributed by atoms with Crippen molar-refractivity contribution in [3.8, 4) is 0 Å². The average Bonchev–Trinajstić information content (AvgIpc) is 2.91. The van der Waals surface area contributed by atoms with Gasteiger partial charge in [-0.25, -0.2) is 18.1 Å². The number of sulfone groups is 1. The van der Waals surface area contributed by atoms with Crippen molar-refractivity contribution in [3.63, 3.8) is 0 Å². The summed E-state index contributed by atoms with van der Waals surface area (Å²) in [5.41, 5.74) is -0.0988. The lowest BCUT2D eigenvalue weighted by Crippen LogP contribution is -2.40. The van der Waals surface area contributed by atoms with Gasteiger partial charge in [0.25, 0.3) is 0 Å². The molecule has 1 aliphatic rings. The molecule has 1 saturated heterocycles. The number of rotatable bonds is 5. The lowest BCUT2D eigenvalue weighted by molar-refractivity contribution is 0.137. The highest BCUT2D eigenvalue weighted by molar-refractivity contribution is 7.91. The third-order valence-electron chi connectivity index (χ3n) is 4.04. The molecule has 0 bridgehead atoms. The molecule has 0 amide bonds. The van der Waals surface area contributed by atoms with Crippen LogP contribution in [0.4, 0.5) is 0 Å². The van der Waals surface area contributed by atoms with Crippen molar-refractivity contribution in [1.82, 2.24) is 19.7 Å². The fraction of sp³-hybridized carbons (Fsp3) is 0.867. The summed E-state index contributed by atoms with van der Waals surface area (Å²) in [4.78, 5) is 6.66. The van der Waals surface area contributed by atoms with Crippen molar-refractivity contribution in [2.24, 2.45) is 5.92 Å². The fourth-order valence-corrected chi connectivity index (χ4v) is 4.78. The van der Waals surface area contributed by atoms with E-state index < -0.39 is 9.84 Å². The molecular weight excluding hydrogens is 332 g/mol. The molecule has 1 atom stereocenters. The predicted molar refractivity (Wildman–Crippen MR) is 94.7 cm³/mol. The zero-order valence-corrected chi connectivity index (χ0v) is 16.3. The van der Waals surface area contributed by atoms with Crippen molar-refractivity contribution in [3.05, 3.63) is 10.6 Å². The molecule has 2 rings (SSSR count). The molecule has 8 heteroatoms. The van der Waals surface area contributed by atoms with Crippen LogP contribution in [0.1, 0.15) is 46.9 Å². The van der Waals surface area contributed by atoms with E-state index in [4.69, 9.17) is 12.2 Å². The molecule has 6 nitrogen and oxygen atoms in total. The van der Waals surface area contributed by atoms with E-state index in [1.807, 2.05) is 4.68 Å². The number of nitrogens with one attached hydrogen (secondary N) is 1. The number of hydrogen-bond donors (Lipinski definition) is 1. The van der Waals surface area contributed by atoms with Crippen molar-refractivity contribution < 1.29 is 8.42 Å². The van der Waals surface area contributed by atoms with E-state index in [9.17, 15) is 8.42 Å². The maximum absolute atomic E-state index is 11.8. The Balaban J connectivity index is 2.22. The van der Waals surface area contributed by atoms with Gasteiger partial charge in [0.2, 0.25) is 4.77 Å². The summed E-state index contributed by atoms with van der Waals surface area (Å²) < 4.78 is 26.0. The first-order valence-corrected chi connectivity index (χ1v) is 10.3. The fourth-order valence-electron chi connectivity index (χ4n) is 2.82. The van der Waals surface area contributed by atoms with Crippen LogP contribution in [0.2, 0.25) is 0 Å². The summed E-state index contributed by atoms with van der Waals surface area (Å²) in [6.07, 6.45) is 0.697. The van der Waals surface area contributed by atoms with Gasteiger partial charge in [-0.05, 0) is 24.6 Å². The van der Waals surface area contributed by atoms with Gasteiger partial charge in [0.15, 0.2) is 9.84 Å². The average molecular weight is 361 g/mol. The highest BCUT2D eigenvalue weighted by Crippen LogP contribution is 2.21. The van der Waals surface area contributed by atoms with Crippen LogP contribution in [0, 0.1) is 10.7 Å². The molecule has 1 aliphatic heterocycles. The minimum atomic E-state index is -2.90. The Morgan fingerprint density at radius 3 is 2.52 bits per heavy atom. The minimum Gasteiger partial charge on any atom is -0.281 e. The zero-order valence-electron chi connectivity index (χ0n) is 14.7. The SMILES string of the molecule is CC(C)CN(Cn1[nH]c(C(C)(C)C)nc1=S)[C@@H]1CCS(=O)(=O)C1. The van der Waals surface area contributed by atoms with Gasteiger partial charge in [0, 0.05) is 18.0 Å². The maximum Gasteiger partial charge on any atom is 0.217 e. The summed E-state index contributed by atoms with van der Waals surface area (Å²) in [6.45, 7) is 11.9. The Kier molecular flexibility index (Phi) is 5.37. The van der Waals surface area contributed by atoms with Gasteiger partial charge in [-0.2, -0.15) is 0 Å². The standard InChI is InChI=1S/C15H28N4O2S2/c1-11(2)8-18(12-6-7-23(20,21)9-12)10-19-14(22)16-13(17-19)15(3,4)5/h11-12H,6-10H2,1-5H3,(H,16,17,22)/t12-/m1/s1. The molecule has 1 aromatic heterocycles. The lowest BCUT2D eigenvalue weighted by Gasteiger charge is -2.29. The van der Waals surface area contributed by atoms with E-state index >= 15 is 0 Å². The van der Waals surface area contributed by atoms with Gasteiger partial charge >= 0.3 is 0 Å². The Bertz CT molecular complexity index is 698. The van der Waals surface area contributed by atoms with Crippen LogP contribution < -0.4 is 0 Å². The third kappa shape index (κ3) is 4.87. The molecule has 0 radical (unpaired) electrons. The highest BCUT2D eigenvalue weighted by Gasteiger charge is 2.33. The van der Waals surface area contributed by atoms with Gasteiger partial charge in [-0.1, -0.05) is 34.6 Å². The van der Waals surface area contributed by atoms with Gasteiger partial charge < -0.3 is 0 Å². The molecule has 0 spiro atoms. The smallest absolute Gasteiger partial charge is 0.217 e. The molecule has 1 aromatic rings. The Morgan fingerprint density at radius 1 is 1.43 bits per heavy atom. The first-order valence-electron chi connectivity index (χ1n) is 8.10. The lowest BCUT2D eigenvalue weighted by atomic mass is 9.96. The Labute approximate surface area is 144 Å². The number of aromatic nitrogens is 3. The quantitative estimate of drug-likeness (QED) is 0.816. The molecule has 23 heavy (non-hydrogen) atoms. The summed E-state index contributed by atoms with van der Waals surface area (Å²) >= 11 is 5.37. The molecule has 2 heterocycles. The van der Waals surface area contributed by atoms with Crippen LogP contribution in [0.3, 0.4) is 0 Å². The van der Waals surface area contributed by atoms with Gasteiger partial charge in [-0.15, -0.1) is 0 Å². The predicted octanol–water partition coefficient (Wildman–Crippen LogP) is 2.34. The molecule has 0 saturated carbocycles. The Morgan fingerprint density at radius 2 is 2.09 bits per heavy atom. The number of hydrogen-bond acceptors (Lipinski definition) is 5. The zero-order chi connectivity index (χ0) is 17.4. The topological polar surface area (TPSA) is 71.0 Å². The number of H-pyrrole nitrogens is 1. The van der Waals surface area contributed by atoms with E-state index in [1.54, 1.807) is 0 Å². The molecule has 0 unspecified atom stereocenters. The number of aromatic amines is 1. The van der Waals surface area contributed by atoms with Crippen LogP contribution in [0.5, 0.6) is 0 Å². The molecule has 1 N–H and O–H groups in total. The van der Waals surface area contributed by atoms with Crippen molar-refractivity contribution >= 4 is 22.1 Å². The molecule has 1 fully saturated rings. The van der Waals surface area contributed by atoms with Gasteiger partial charge in [-0.3, -0.25) is 10.00 Å². The molecular formula is C15H28N4O2S2.